The van der Waals surface area contributed by atoms with E-state index >= 15 is 0 Å². The van der Waals surface area contributed by atoms with Crippen LogP contribution in [0, 0.1) is 5.92 Å². The number of methoxy groups -OCH3 is 2. The zero-order chi connectivity index (χ0) is 24.9. The summed E-state index contributed by atoms with van der Waals surface area (Å²) in [6, 6.07) is 4.54. The Labute approximate surface area is 205 Å². The first-order valence-corrected chi connectivity index (χ1v) is 12.4. The summed E-state index contributed by atoms with van der Waals surface area (Å²) >= 11 is 0. The molecule has 2 unspecified atom stereocenters. The summed E-state index contributed by atoms with van der Waals surface area (Å²) < 4.78 is 24.7. The average molecular weight is 491 g/mol. The number of hydrogen-bond acceptors (Lipinski definition) is 6. The van der Waals surface area contributed by atoms with E-state index in [0.29, 0.717) is 42.6 Å². The molecule has 35 heavy (non-hydrogen) atoms. The SMILES string of the molecule is COc1ccc(C(=O)N2CCC(CCN3CCC(OC)C(F)C3)CC2)cc1N1CCC(=O)NC1=O. The molecule has 3 aliphatic heterocycles. The summed E-state index contributed by atoms with van der Waals surface area (Å²) in [5.41, 5.74) is 0.959. The second-order valence-corrected chi connectivity index (χ2v) is 9.55. The third kappa shape index (κ3) is 5.92. The van der Waals surface area contributed by atoms with Crippen LogP contribution in [0.4, 0.5) is 14.9 Å². The van der Waals surface area contributed by atoms with Gasteiger partial charge in [0.05, 0.1) is 18.9 Å². The average Bonchev–Trinajstić information content (AvgIpc) is 2.87. The van der Waals surface area contributed by atoms with Crippen molar-refractivity contribution >= 4 is 23.5 Å². The third-order valence-corrected chi connectivity index (χ3v) is 7.39. The van der Waals surface area contributed by atoms with Crippen molar-refractivity contribution in [3.05, 3.63) is 23.8 Å². The monoisotopic (exact) mass is 490 g/mol. The number of nitrogens with one attached hydrogen (secondary N) is 1. The quantitative estimate of drug-likeness (QED) is 0.631. The molecule has 3 saturated heterocycles. The van der Waals surface area contributed by atoms with E-state index in [1.165, 1.54) is 12.0 Å². The van der Waals surface area contributed by atoms with E-state index in [2.05, 4.69) is 10.2 Å². The largest absolute Gasteiger partial charge is 0.495 e. The van der Waals surface area contributed by atoms with Crippen LogP contribution in [0.3, 0.4) is 0 Å². The van der Waals surface area contributed by atoms with Crippen molar-refractivity contribution < 1.29 is 28.2 Å². The summed E-state index contributed by atoms with van der Waals surface area (Å²) in [7, 11) is 3.08. The summed E-state index contributed by atoms with van der Waals surface area (Å²) in [5, 5.41) is 2.31. The van der Waals surface area contributed by atoms with Crippen LogP contribution >= 0.6 is 0 Å². The van der Waals surface area contributed by atoms with E-state index in [0.717, 1.165) is 38.8 Å². The van der Waals surface area contributed by atoms with Crippen molar-refractivity contribution in [2.24, 2.45) is 5.92 Å². The summed E-state index contributed by atoms with van der Waals surface area (Å²) in [4.78, 5) is 42.5. The highest BCUT2D eigenvalue weighted by molar-refractivity contribution is 6.07. The number of hydrogen-bond donors (Lipinski definition) is 1. The van der Waals surface area contributed by atoms with Crippen LogP contribution in [0.1, 0.15) is 42.5 Å². The van der Waals surface area contributed by atoms with E-state index < -0.39 is 12.2 Å². The van der Waals surface area contributed by atoms with E-state index in [-0.39, 0.29) is 30.9 Å². The lowest BCUT2D eigenvalue weighted by molar-refractivity contribution is -0.120. The molecule has 0 radical (unpaired) electrons. The molecule has 0 saturated carbocycles. The molecule has 4 rings (SSSR count). The number of rotatable bonds is 7. The Hall–Kier alpha value is -2.72. The number of anilines is 1. The molecule has 192 valence electrons. The number of imide groups is 1. The van der Waals surface area contributed by atoms with Crippen molar-refractivity contribution in [1.82, 2.24) is 15.1 Å². The zero-order valence-electron chi connectivity index (χ0n) is 20.5. The van der Waals surface area contributed by atoms with E-state index in [1.807, 2.05) is 4.90 Å². The predicted molar refractivity (Wildman–Crippen MR) is 128 cm³/mol. The van der Waals surface area contributed by atoms with Crippen LogP contribution in [0.5, 0.6) is 5.75 Å². The van der Waals surface area contributed by atoms with Crippen molar-refractivity contribution in [3.8, 4) is 5.75 Å². The standard InChI is InChI=1S/C25H35FN4O5/c1-34-21-8-11-28(16-19(21)26)10-5-17-6-12-29(13-7-17)24(32)18-3-4-22(35-2)20(15-18)30-14-9-23(31)27-25(30)33/h3-4,15,17,19,21H,5-14,16H2,1-2H3,(H,27,31,33). The highest BCUT2D eigenvalue weighted by Crippen LogP contribution is 2.32. The molecule has 0 bridgehead atoms. The molecule has 2 atom stereocenters. The number of benzene rings is 1. The number of carbonyl (C=O) groups is 3. The van der Waals surface area contributed by atoms with Gasteiger partial charge >= 0.3 is 6.03 Å². The second kappa shape index (κ2) is 11.3. The van der Waals surface area contributed by atoms with Crippen LogP contribution in [0.15, 0.2) is 18.2 Å². The van der Waals surface area contributed by atoms with Gasteiger partial charge in [0.15, 0.2) is 0 Å². The Bertz CT molecular complexity index is 936. The molecular formula is C25H35FN4O5. The maximum atomic E-state index is 14.1. The Morgan fingerprint density at radius 1 is 1.11 bits per heavy atom. The van der Waals surface area contributed by atoms with Crippen molar-refractivity contribution in [2.45, 2.75) is 44.4 Å². The molecule has 0 aromatic heterocycles. The van der Waals surface area contributed by atoms with Gasteiger partial charge in [-0.3, -0.25) is 19.8 Å². The normalized spacial score (nSPS) is 24.4. The first kappa shape index (κ1) is 25.4. The third-order valence-electron chi connectivity index (χ3n) is 7.39. The maximum absolute atomic E-state index is 14.1. The fraction of sp³-hybridized carbons (Fsp3) is 0.640. The molecule has 9 nitrogen and oxygen atoms in total. The Balaban J connectivity index is 1.31. The number of likely N-dealkylation sites (tertiary alicyclic amines) is 2. The molecule has 1 aromatic carbocycles. The molecule has 10 heteroatoms. The smallest absolute Gasteiger partial charge is 0.328 e. The van der Waals surface area contributed by atoms with Crippen molar-refractivity contribution in [3.63, 3.8) is 0 Å². The minimum Gasteiger partial charge on any atom is -0.495 e. The topological polar surface area (TPSA) is 91.4 Å². The van der Waals surface area contributed by atoms with Crippen molar-refractivity contribution in [2.75, 3.05) is 58.4 Å². The number of urea groups is 1. The fourth-order valence-electron chi connectivity index (χ4n) is 5.22. The highest BCUT2D eigenvalue weighted by Gasteiger charge is 2.31. The Morgan fingerprint density at radius 2 is 1.89 bits per heavy atom. The van der Waals surface area contributed by atoms with Crippen LogP contribution < -0.4 is 15.0 Å². The van der Waals surface area contributed by atoms with E-state index in [1.54, 1.807) is 25.3 Å². The van der Waals surface area contributed by atoms with Gasteiger partial charge in [0, 0.05) is 51.8 Å². The predicted octanol–water partition coefficient (Wildman–Crippen LogP) is 2.44. The molecule has 0 aliphatic carbocycles. The van der Waals surface area contributed by atoms with Gasteiger partial charge in [-0.05, 0) is 56.3 Å². The van der Waals surface area contributed by atoms with Crippen LogP contribution in [0.2, 0.25) is 0 Å². The van der Waals surface area contributed by atoms with Gasteiger partial charge in [-0.2, -0.15) is 0 Å². The summed E-state index contributed by atoms with van der Waals surface area (Å²) in [5.74, 6) is 0.583. The van der Waals surface area contributed by atoms with Gasteiger partial charge in [0.2, 0.25) is 5.91 Å². The number of ether oxygens (including phenoxy) is 2. The first-order valence-electron chi connectivity index (χ1n) is 12.4. The van der Waals surface area contributed by atoms with Gasteiger partial charge in [-0.1, -0.05) is 0 Å². The molecule has 0 spiro atoms. The van der Waals surface area contributed by atoms with E-state index in [4.69, 9.17) is 9.47 Å². The van der Waals surface area contributed by atoms with Crippen LogP contribution in [-0.4, -0.2) is 93.4 Å². The maximum Gasteiger partial charge on any atom is 0.328 e. The lowest BCUT2D eigenvalue weighted by atomic mass is 9.92. The number of carbonyl (C=O) groups excluding carboxylic acids is 3. The number of alkyl halides is 1. The minimum atomic E-state index is -0.931. The molecule has 1 aromatic rings. The number of nitrogens with zero attached hydrogens (tertiary/aromatic N) is 3. The van der Waals surface area contributed by atoms with Crippen LogP contribution in [-0.2, 0) is 9.53 Å². The van der Waals surface area contributed by atoms with Gasteiger partial charge in [-0.25, -0.2) is 9.18 Å². The molecule has 3 aliphatic rings. The fourth-order valence-corrected chi connectivity index (χ4v) is 5.22. The van der Waals surface area contributed by atoms with Gasteiger partial charge in [-0.15, -0.1) is 0 Å². The highest BCUT2D eigenvalue weighted by atomic mass is 19.1. The summed E-state index contributed by atoms with van der Waals surface area (Å²) in [6.45, 7) is 3.73. The Morgan fingerprint density at radius 3 is 2.54 bits per heavy atom. The summed E-state index contributed by atoms with van der Waals surface area (Å²) in [6.07, 6.45) is 2.53. The molecule has 1 N–H and O–H groups in total. The van der Waals surface area contributed by atoms with Gasteiger partial charge < -0.3 is 19.3 Å². The zero-order valence-corrected chi connectivity index (χ0v) is 20.5. The number of piperidine rings is 2. The minimum absolute atomic E-state index is 0.0808. The number of halogens is 1. The number of amides is 4. The molecule has 4 amide bonds. The lowest BCUT2D eigenvalue weighted by Crippen LogP contribution is -2.49. The Kier molecular flexibility index (Phi) is 8.22. The van der Waals surface area contributed by atoms with Gasteiger partial charge in [0.1, 0.15) is 11.9 Å². The molecule has 3 fully saturated rings. The first-order chi connectivity index (χ1) is 16.9. The van der Waals surface area contributed by atoms with Gasteiger partial charge in [0.25, 0.3) is 5.91 Å². The van der Waals surface area contributed by atoms with Crippen molar-refractivity contribution in [1.29, 1.82) is 0 Å². The lowest BCUT2D eigenvalue weighted by Gasteiger charge is -2.36. The second-order valence-electron chi connectivity index (χ2n) is 9.55. The van der Waals surface area contributed by atoms with E-state index in [9.17, 15) is 18.8 Å². The van der Waals surface area contributed by atoms with Crippen LogP contribution in [0.25, 0.3) is 0 Å². The molecule has 3 heterocycles. The molecular weight excluding hydrogens is 455 g/mol.